The predicted octanol–water partition coefficient (Wildman–Crippen LogP) is 0.499. The molecule has 0 heterocycles. The standard InChI is InChI=1S/C10H18N2O2/c1-7(9(13)11(3)4)8(2)10(14)12(5)6/h1-6H3. The molecule has 0 N–H and O–H groups in total. The lowest BCUT2D eigenvalue weighted by atomic mass is 10.1. The summed E-state index contributed by atoms with van der Waals surface area (Å²) in [4.78, 5) is 25.9. The van der Waals surface area contributed by atoms with Crippen LogP contribution in [0.4, 0.5) is 0 Å². The van der Waals surface area contributed by atoms with Crippen LogP contribution in [0.3, 0.4) is 0 Å². The van der Waals surface area contributed by atoms with Crippen LogP contribution in [0, 0.1) is 0 Å². The third kappa shape index (κ3) is 2.87. The lowest BCUT2D eigenvalue weighted by Crippen LogP contribution is -2.28. The first kappa shape index (κ1) is 12.7. The Morgan fingerprint density at radius 1 is 0.714 bits per heavy atom. The van der Waals surface area contributed by atoms with Gasteiger partial charge in [0, 0.05) is 39.3 Å². The van der Waals surface area contributed by atoms with Crippen molar-refractivity contribution >= 4 is 11.8 Å². The van der Waals surface area contributed by atoms with Crippen LogP contribution in [-0.4, -0.2) is 49.8 Å². The first-order chi connectivity index (χ1) is 6.29. The second-order valence-corrected chi connectivity index (χ2v) is 3.65. The Bertz CT molecular complexity index is 250. The first-order valence-electron chi connectivity index (χ1n) is 4.39. The maximum absolute atomic E-state index is 11.5. The van der Waals surface area contributed by atoms with Crippen molar-refractivity contribution in [2.24, 2.45) is 0 Å². The second-order valence-electron chi connectivity index (χ2n) is 3.65. The van der Waals surface area contributed by atoms with Gasteiger partial charge in [-0.15, -0.1) is 0 Å². The Hall–Kier alpha value is -1.32. The highest BCUT2D eigenvalue weighted by atomic mass is 16.2. The van der Waals surface area contributed by atoms with Crippen molar-refractivity contribution < 1.29 is 9.59 Å². The van der Waals surface area contributed by atoms with E-state index in [1.807, 2.05) is 0 Å². The summed E-state index contributed by atoms with van der Waals surface area (Å²) < 4.78 is 0. The molecular formula is C10H18N2O2. The highest BCUT2D eigenvalue weighted by Crippen LogP contribution is 2.08. The molecule has 80 valence electrons. The Morgan fingerprint density at radius 3 is 1.07 bits per heavy atom. The smallest absolute Gasteiger partial charge is 0.249 e. The van der Waals surface area contributed by atoms with Crippen LogP contribution in [-0.2, 0) is 9.59 Å². The average Bonchev–Trinajstić information content (AvgIpc) is 2.12. The van der Waals surface area contributed by atoms with Gasteiger partial charge in [-0.2, -0.15) is 0 Å². The minimum Gasteiger partial charge on any atom is -0.345 e. The van der Waals surface area contributed by atoms with E-state index < -0.39 is 0 Å². The van der Waals surface area contributed by atoms with E-state index in [4.69, 9.17) is 0 Å². The highest BCUT2D eigenvalue weighted by Gasteiger charge is 2.15. The van der Waals surface area contributed by atoms with Crippen LogP contribution in [0.15, 0.2) is 11.1 Å². The van der Waals surface area contributed by atoms with Gasteiger partial charge in [-0.25, -0.2) is 0 Å². The molecule has 0 aromatic carbocycles. The van der Waals surface area contributed by atoms with Crippen molar-refractivity contribution in [3.63, 3.8) is 0 Å². The number of carbonyl (C=O) groups is 2. The minimum absolute atomic E-state index is 0.127. The first-order valence-corrected chi connectivity index (χ1v) is 4.39. The van der Waals surface area contributed by atoms with Gasteiger partial charge in [0.2, 0.25) is 11.8 Å². The fourth-order valence-electron chi connectivity index (χ4n) is 0.992. The molecule has 0 unspecified atom stereocenters. The Kier molecular flexibility index (Phi) is 4.34. The molecule has 0 aliphatic heterocycles. The SMILES string of the molecule is CC(C(=O)N(C)C)=C(C)C(=O)N(C)C. The predicted molar refractivity (Wildman–Crippen MR) is 55.8 cm³/mol. The Balaban J connectivity index is 4.94. The number of likely N-dealkylation sites (N-methyl/N-ethyl adjacent to an activating group) is 2. The van der Waals surface area contributed by atoms with Crippen LogP contribution >= 0.6 is 0 Å². The van der Waals surface area contributed by atoms with Gasteiger partial charge in [0.1, 0.15) is 0 Å². The molecule has 0 saturated heterocycles. The summed E-state index contributed by atoms with van der Waals surface area (Å²) in [7, 11) is 6.66. The van der Waals surface area contributed by atoms with E-state index >= 15 is 0 Å². The van der Waals surface area contributed by atoms with Crippen molar-refractivity contribution in [1.29, 1.82) is 0 Å². The van der Waals surface area contributed by atoms with Crippen molar-refractivity contribution in [1.82, 2.24) is 9.80 Å². The Labute approximate surface area is 85.2 Å². The van der Waals surface area contributed by atoms with E-state index in [-0.39, 0.29) is 11.8 Å². The van der Waals surface area contributed by atoms with Gasteiger partial charge < -0.3 is 9.80 Å². The quantitative estimate of drug-likeness (QED) is 0.606. The summed E-state index contributed by atoms with van der Waals surface area (Å²) in [6.07, 6.45) is 0. The van der Waals surface area contributed by atoms with E-state index in [0.717, 1.165) is 0 Å². The third-order valence-electron chi connectivity index (χ3n) is 2.02. The summed E-state index contributed by atoms with van der Waals surface area (Å²) in [6, 6.07) is 0. The second kappa shape index (κ2) is 4.79. The van der Waals surface area contributed by atoms with E-state index in [1.54, 1.807) is 42.0 Å². The maximum Gasteiger partial charge on any atom is 0.249 e. The lowest BCUT2D eigenvalue weighted by Gasteiger charge is -2.15. The molecule has 0 aliphatic rings. The number of carbonyl (C=O) groups excluding carboxylic acids is 2. The number of hydrogen-bond acceptors (Lipinski definition) is 2. The molecule has 0 radical (unpaired) electrons. The van der Waals surface area contributed by atoms with Gasteiger partial charge in [-0.3, -0.25) is 9.59 Å². The molecule has 0 rings (SSSR count). The van der Waals surface area contributed by atoms with Crippen LogP contribution < -0.4 is 0 Å². The van der Waals surface area contributed by atoms with Crippen LogP contribution in [0.1, 0.15) is 13.8 Å². The van der Waals surface area contributed by atoms with E-state index in [0.29, 0.717) is 11.1 Å². The molecule has 0 fully saturated rings. The molecule has 0 atom stereocenters. The maximum atomic E-state index is 11.5. The Morgan fingerprint density at radius 2 is 0.929 bits per heavy atom. The van der Waals surface area contributed by atoms with Gasteiger partial charge in [0.25, 0.3) is 0 Å². The summed E-state index contributed by atoms with van der Waals surface area (Å²) >= 11 is 0. The fraction of sp³-hybridized carbons (Fsp3) is 0.600. The van der Waals surface area contributed by atoms with Crippen molar-refractivity contribution in [2.45, 2.75) is 13.8 Å². The zero-order chi connectivity index (χ0) is 11.5. The lowest BCUT2D eigenvalue weighted by molar-refractivity contribution is -0.127. The molecular weight excluding hydrogens is 180 g/mol. The van der Waals surface area contributed by atoms with E-state index in [1.165, 1.54) is 9.80 Å². The number of nitrogens with zero attached hydrogens (tertiary/aromatic N) is 2. The van der Waals surface area contributed by atoms with Crippen molar-refractivity contribution in [3.8, 4) is 0 Å². The largest absolute Gasteiger partial charge is 0.345 e. The van der Waals surface area contributed by atoms with Gasteiger partial charge in [-0.1, -0.05) is 0 Å². The molecule has 4 nitrogen and oxygen atoms in total. The van der Waals surface area contributed by atoms with E-state index in [2.05, 4.69) is 0 Å². The highest BCUT2D eigenvalue weighted by molar-refractivity contribution is 6.03. The zero-order valence-corrected chi connectivity index (χ0v) is 9.71. The molecule has 0 spiro atoms. The zero-order valence-electron chi connectivity index (χ0n) is 9.71. The topological polar surface area (TPSA) is 40.6 Å². The fourth-order valence-corrected chi connectivity index (χ4v) is 0.992. The summed E-state index contributed by atoms with van der Waals surface area (Å²) in [5.74, 6) is -0.254. The summed E-state index contributed by atoms with van der Waals surface area (Å²) in [5.41, 5.74) is 0.988. The molecule has 0 aromatic heterocycles. The van der Waals surface area contributed by atoms with Gasteiger partial charge in [-0.05, 0) is 13.8 Å². The van der Waals surface area contributed by atoms with E-state index in [9.17, 15) is 9.59 Å². The molecule has 0 saturated carbocycles. The minimum atomic E-state index is -0.127. The number of rotatable bonds is 2. The summed E-state index contributed by atoms with van der Waals surface area (Å²) in [6.45, 7) is 3.33. The van der Waals surface area contributed by atoms with Gasteiger partial charge in [0.05, 0.1) is 0 Å². The molecule has 0 aliphatic carbocycles. The molecule has 14 heavy (non-hydrogen) atoms. The normalized spacial score (nSPS) is 11.9. The van der Waals surface area contributed by atoms with Gasteiger partial charge in [0.15, 0.2) is 0 Å². The average molecular weight is 198 g/mol. The van der Waals surface area contributed by atoms with Crippen LogP contribution in [0.25, 0.3) is 0 Å². The molecule has 0 bridgehead atoms. The number of amides is 2. The third-order valence-corrected chi connectivity index (χ3v) is 2.02. The number of hydrogen-bond donors (Lipinski definition) is 0. The molecule has 2 amide bonds. The van der Waals surface area contributed by atoms with Gasteiger partial charge >= 0.3 is 0 Å². The van der Waals surface area contributed by atoms with Crippen LogP contribution in [0.2, 0.25) is 0 Å². The molecule has 0 aromatic rings. The molecule has 4 heteroatoms. The summed E-state index contributed by atoms with van der Waals surface area (Å²) in [5, 5.41) is 0. The monoisotopic (exact) mass is 198 g/mol. The van der Waals surface area contributed by atoms with Crippen molar-refractivity contribution in [3.05, 3.63) is 11.1 Å². The van der Waals surface area contributed by atoms with Crippen LogP contribution in [0.5, 0.6) is 0 Å². The van der Waals surface area contributed by atoms with Crippen molar-refractivity contribution in [2.75, 3.05) is 28.2 Å².